The smallest absolute Gasteiger partial charge is 0.0740 e. The molecule has 12 aromatic rings. The molecule has 0 amide bonds. The Morgan fingerprint density at radius 3 is 1.47 bits per heavy atom. The molecule has 0 fully saturated rings. The van der Waals surface area contributed by atoms with E-state index in [4.69, 9.17) is 0 Å². The van der Waals surface area contributed by atoms with Crippen LogP contribution in [0.4, 0.5) is 17.1 Å². The molecule has 1 atom stereocenters. The predicted octanol–water partition coefficient (Wildman–Crippen LogP) is 17.1. The van der Waals surface area contributed by atoms with E-state index in [9.17, 15) is 0 Å². The molecule has 14 rings (SSSR count). The third-order valence-electron chi connectivity index (χ3n) is 14.2. The summed E-state index contributed by atoms with van der Waals surface area (Å²) in [5, 5.41) is 3.89. The quantitative estimate of drug-likeness (QED) is 0.162. The second-order valence-corrected chi connectivity index (χ2v) is 18.6. The summed E-state index contributed by atoms with van der Waals surface area (Å²) >= 11 is 1.94. The summed E-state index contributed by atoms with van der Waals surface area (Å²) in [6.07, 6.45) is 0. The van der Waals surface area contributed by atoms with Gasteiger partial charge in [0.05, 0.1) is 16.4 Å². The Morgan fingerprint density at radius 2 is 0.818 bits per heavy atom. The van der Waals surface area contributed by atoms with E-state index in [2.05, 4.69) is 252 Å². The van der Waals surface area contributed by atoms with Crippen molar-refractivity contribution in [2.75, 3.05) is 4.90 Å². The molecule has 1 unspecified atom stereocenters. The number of para-hydroxylation sites is 4. The van der Waals surface area contributed by atoms with Crippen LogP contribution >= 0.6 is 11.3 Å². The van der Waals surface area contributed by atoms with Gasteiger partial charge in [-0.2, -0.15) is 0 Å². The number of hydrogen-bond acceptors (Lipinski definition) is 2. The first kappa shape index (κ1) is 37.2. The molecule has 2 aromatic heterocycles. The van der Waals surface area contributed by atoms with Crippen LogP contribution in [-0.2, 0) is 5.41 Å². The average Bonchev–Trinajstić information content (AvgIpc) is 4.10. The van der Waals surface area contributed by atoms with Gasteiger partial charge in [0.15, 0.2) is 0 Å². The Balaban J connectivity index is 0.931. The average molecular weight is 857 g/mol. The zero-order valence-corrected chi connectivity index (χ0v) is 36.7. The minimum Gasteiger partial charge on any atom is -0.311 e. The molecule has 308 valence electrons. The van der Waals surface area contributed by atoms with Gasteiger partial charge in [0.1, 0.15) is 0 Å². The Kier molecular flexibility index (Phi) is 8.10. The Hall–Kier alpha value is -8.24. The summed E-state index contributed by atoms with van der Waals surface area (Å²) in [5.41, 5.74) is 20.8. The largest absolute Gasteiger partial charge is 0.311 e. The molecule has 2 nitrogen and oxygen atoms in total. The van der Waals surface area contributed by atoms with Gasteiger partial charge in [0.2, 0.25) is 0 Å². The standard InChI is InChI=1S/C63H40N2S/c1-3-15-45(16-4-1)64(46-17-5-2-6-18-46)47-33-27-41(28-34-47)44-32-38-53-57(40-44)63(61-54-22-10-14-26-60(54)66-62(53)61)55-23-11-7-19-49(55)50-37-31-43(39-56(50)63)42-29-35-48(36-30-42)65-58-24-12-8-20-51(58)52-21-9-13-25-59(52)65/h1-40H. The van der Waals surface area contributed by atoms with E-state index in [1.807, 2.05) is 11.3 Å². The zero-order chi connectivity index (χ0) is 43.3. The van der Waals surface area contributed by atoms with Crippen LogP contribution in [0.25, 0.3) is 81.4 Å². The Bertz CT molecular complexity index is 3770. The number of nitrogens with zero attached hydrogens (tertiary/aromatic N) is 2. The van der Waals surface area contributed by atoms with Crippen LogP contribution in [0, 0.1) is 0 Å². The Morgan fingerprint density at radius 1 is 0.348 bits per heavy atom. The molecule has 2 aliphatic carbocycles. The minimum atomic E-state index is -0.498. The molecule has 0 saturated carbocycles. The van der Waals surface area contributed by atoms with Crippen LogP contribution in [0.5, 0.6) is 0 Å². The molecule has 3 heteroatoms. The number of hydrogen-bond donors (Lipinski definition) is 0. The Labute approximate surface area is 387 Å². The number of benzene rings is 10. The van der Waals surface area contributed by atoms with Gasteiger partial charge in [-0.15, -0.1) is 11.3 Å². The highest BCUT2D eigenvalue weighted by molar-refractivity contribution is 7.22. The van der Waals surface area contributed by atoms with E-state index in [0.29, 0.717) is 0 Å². The topological polar surface area (TPSA) is 8.17 Å². The molecular weight excluding hydrogens is 817 g/mol. The number of anilines is 3. The van der Waals surface area contributed by atoms with Crippen molar-refractivity contribution in [1.82, 2.24) is 4.57 Å². The van der Waals surface area contributed by atoms with Crippen LogP contribution in [0.15, 0.2) is 243 Å². The highest BCUT2D eigenvalue weighted by atomic mass is 32.1. The van der Waals surface area contributed by atoms with Gasteiger partial charge in [-0.05, 0) is 145 Å². The molecular formula is C63H40N2S. The van der Waals surface area contributed by atoms with Crippen molar-refractivity contribution in [3.8, 4) is 49.5 Å². The van der Waals surface area contributed by atoms with E-state index in [1.165, 1.54) is 98.0 Å². The predicted molar refractivity (Wildman–Crippen MR) is 278 cm³/mol. The maximum atomic E-state index is 2.51. The summed E-state index contributed by atoms with van der Waals surface area (Å²) in [7, 11) is 0. The number of fused-ring (bicyclic) bond motifs is 15. The van der Waals surface area contributed by atoms with Crippen molar-refractivity contribution >= 4 is 60.3 Å². The van der Waals surface area contributed by atoms with Crippen molar-refractivity contribution in [1.29, 1.82) is 0 Å². The fourth-order valence-corrected chi connectivity index (χ4v) is 12.7. The molecule has 2 aliphatic rings. The van der Waals surface area contributed by atoms with E-state index in [-0.39, 0.29) is 0 Å². The lowest BCUT2D eigenvalue weighted by Gasteiger charge is -2.31. The summed E-state index contributed by atoms with van der Waals surface area (Å²) < 4.78 is 3.73. The first-order chi connectivity index (χ1) is 32.7. The maximum absolute atomic E-state index is 2.51. The van der Waals surface area contributed by atoms with Crippen LogP contribution in [0.1, 0.15) is 22.3 Å². The number of rotatable bonds is 6. The van der Waals surface area contributed by atoms with E-state index in [0.717, 1.165) is 22.7 Å². The van der Waals surface area contributed by atoms with E-state index >= 15 is 0 Å². The minimum absolute atomic E-state index is 0.498. The van der Waals surface area contributed by atoms with Gasteiger partial charge in [0.25, 0.3) is 0 Å². The van der Waals surface area contributed by atoms with Crippen molar-refractivity contribution in [3.05, 3.63) is 265 Å². The zero-order valence-electron chi connectivity index (χ0n) is 35.9. The van der Waals surface area contributed by atoms with Crippen molar-refractivity contribution < 1.29 is 0 Å². The highest BCUT2D eigenvalue weighted by Crippen LogP contribution is 2.66. The summed E-state index contributed by atoms with van der Waals surface area (Å²) in [5.74, 6) is 0. The molecule has 0 bridgehead atoms. The summed E-state index contributed by atoms with van der Waals surface area (Å²) in [6.45, 7) is 0. The van der Waals surface area contributed by atoms with Gasteiger partial charge >= 0.3 is 0 Å². The lowest BCUT2D eigenvalue weighted by molar-refractivity contribution is 0.803. The normalized spacial score (nSPS) is 14.4. The molecule has 2 heterocycles. The first-order valence-corrected chi connectivity index (χ1v) is 23.6. The molecule has 1 spiro atoms. The number of thiophene rings is 1. The third kappa shape index (κ3) is 5.29. The van der Waals surface area contributed by atoms with Gasteiger partial charge in [-0.3, -0.25) is 0 Å². The molecule has 66 heavy (non-hydrogen) atoms. The van der Waals surface area contributed by atoms with Crippen molar-refractivity contribution in [2.24, 2.45) is 0 Å². The van der Waals surface area contributed by atoms with E-state index < -0.39 is 5.41 Å². The summed E-state index contributed by atoms with van der Waals surface area (Å²) in [4.78, 5) is 3.70. The molecule has 0 aliphatic heterocycles. The van der Waals surface area contributed by atoms with Gasteiger partial charge < -0.3 is 9.47 Å². The van der Waals surface area contributed by atoms with Gasteiger partial charge in [-0.25, -0.2) is 0 Å². The first-order valence-electron chi connectivity index (χ1n) is 22.7. The second kappa shape index (κ2) is 14.4. The van der Waals surface area contributed by atoms with E-state index in [1.54, 1.807) is 0 Å². The fraction of sp³-hybridized carbons (Fsp3) is 0.0159. The molecule has 0 saturated heterocycles. The maximum Gasteiger partial charge on any atom is 0.0740 e. The third-order valence-corrected chi connectivity index (χ3v) is 15.4. The molecule has 0 radical (unpaired) electrons. The van der Waals surface area contributed by atoms with Crippen LogP contribution in [-0.4, -0.2) is 4.57 Å². The monoisotopic (exact) mass is 856 g/mol. The van der Waals surface area contributed by atoms with Gasteiger partial charge in [-0.1, -0.05) is 164 Å². The molecule has 10 aromatic carbocycles. The SMILES string of the molecule is c1ccc(N(c2ccccc2)c2ccc(-c3ccc4c(c3)C3(c5ccccc5-c5ccc(-c6ccc(-n7c8ccccc8c8ccccc87)cc6)cc53)c3c-4sc4ccccc34)cc2)cc1. The van der Waals surface area contributed by atoms with Crippen molar-refractivity contribution in [2.45, 2.75) is 5.41 Å². The highest BCUT2D eigenvalue weighted by Gasteiger charge is 2.53. The molecule has 0 N–H and O–H groups in total. The van der Waals surface area contributed by atoms with Crippen LogP contribution in [0.3, 0.4) is 0 Å². The van der Waals surface area contributed by atoms with Crippen molar-refractivity contribution in [3.63, 3.8) is 0 Å². The van der Waals surface area contributed by atoms with Gasteiger partial charge in [0, 0.05) is 43.1 Å². The second-order valence-electron chi connectivity index (χ2n) is 17.6. The summed E-state index contributed by atoms with van der Waals surface area (Å²) in [6, 6.07) is 89.7. The lowest BCUT2D eigenvalue weighted by atomic mass is 9.69. The number of aromatic nitrogens is 1. The van der Waals surface area contributed by atoms with Crippen LogP contribution in [0.2, 0.25) is 0 Å². The lowest BCUT2D eigenvalue weighted by Crippen LogP contribution is -2.26. The van der Waals surface area contributed by atoms with Crippen LogP contribution < -0.4 is 4.90 Å². The fourth-order valence-electron chi connectivity index (χ4n) is 11.4.